The van der Waals surface area contributed by atoms with Gasteiger partial charge < -0.3 is 20.1 Å². The number of fused-ring (bicyclic) bond motifs is 1. The van der Waals surface area contributed by atoms with Gasteiger partial charge in [0.15, 0.2) is 11.7 Å². The van der Waals surface area contributed by atoms with E-state index >= 15 is 0 Å². The van der Waals surface area contributed by atoms with Gasteiger partial charge >= 0.3 is 6.18 Å². The second kappa shape index (κ2) is 11.0. The molecule has 0 saturated heterocycles. The molecule has 0 saturated carbocycles. The molecule has 5 rings (SSSR count). The van der Waals surface area contributed by atoms with E-state index in [0.717, 1.165) is 6.07 Å². The highest BCUT2D eigenvalue weighted by atomic mass is 35.5. The molecule has 1 amide bonds. The summed E-state index contributed by atoms with van der Waals surface area (Å²) in [5, 5.41) is 20.5. The summed E-state index contributed by atoms with van der Waals surface area (Å²) in [6, 6.07) is 15.7. The quantitative estimate of drug-likeness (QED) is 0.174. The van der Waals surface area contributed by atoms with Crippen LogP contribution in [0.1, 0.15) is 34.6 Å². The van der Waals surface area contributed by atoms with Crippen LogP contribution < -0.4 is 20.1 Å². The number of carbonyl (C=O) groups excluding carboxylic acids is 1. The van der Waals surface area contributed by atoms with Crippen LogP contribution in [0.5, 0.6) is 17.2 Å². The molecular weight excluding hydrogens is 567 g/mol. The van der Waals surface area contributed by atoms with Crippen molar-refractivity contribution in [1.29, 1.82) is 0 Å². The first-order valence-electron chi connectivity index (χ1n) is 12.1. The number of amides is 1. The Morgan fingerprint density at radius 1 is 1.10 bits per heavy atom. The zero-order chi connectivity index (χ0) is 29.3. The Bertz CT molecular complexity index is 1600. The lowest BCUT2D eigenvalue weighted by Crippen LogP contribution is -2.35. The lowest BCUT2D eigenvalue weighted by Gasteiger charge is -2.33. The number of hydrogen-bond acceptors (Lipinski definition) is 7. The van der Waals surface area contributed by atoms with Crippen molar-refractivity contribution in [3.8, 4) is 17.2 Å². The number of halogens is 4. The number of rotatable bonds is 7. The minimum Gasteiger partial charge on any atom is -0.497 e. The van der Waals surface area contributed by atoms with Gasteiger partial charge in [-0.15, -0.1) is 0 Å². The molecule has 4 aromatic rings. The van der Waals surface area contributed by atoms with Crippen LogP contribution in [0.3, 0.4) is 0 Å². The van der Waals surface area contributed by atoms with Crippen molar-refractivity contribution in [3.63, 3.8) is 0 Å². The predicted octanol–water partition coefficient (Wildman–Crippen LogP) is 7.16. The van der Waals surface area contributed by atoms with Gasteiger partial charge in [-0.1, -0.05) is 41.9 Å². The third kappa shape index (κ3) is 5.89. The fraction of sp³-hybridized carbons (Fsp3) is 0.185. The molecule has 1 aliphatic heterocycles. The van der Waals surface area contributed by atoms with Crippen LogP contribution in [0.2, 0.25) is 5.02 Å². The van der Waals surface area contributed by atoms with E-state index in [1.54, 1.807) is 54.6 Å². The van der Waals surface area contributed by atoms with Gasteiger partial charge in [0.2, 0.25) is 0 Å². The van der Waals surface area contributed by atoms with Gasteiger partial charge in [-0.05, 0) is 29.8 Å². The number of nitrogens with zero attached hydrogens (tertiary/aromatic N) is 3. The molecule has 14 heteroatoms. The molecule has 0 fully saturated rings. The number of nitrogens with one attached hydrogen (secondary N) is 2. The smallest absolute Gasteiger partial charge is 0.410 e. The first kappa shape index (κ1) is 27.8. The molecule has 0 spiro atoms. The minimum atomic E-state index is -4.70. The largest absolute Gasteiger partial charge is 0.497 e. The molecule has 2 heterocycles. The van der Waals surface area contributed by atoms with Gasteiger partial charge in [-0.2, -0.15) is 18.3 Å². The van der Waals surface area contributed by atoms with E-state index in [0.29, 0.717) is 21.7 Å². The standard InChI is InChI=1S/C27H21ClF3N5O5/c1-40-18-9-7-15(8-10-18)21-14-22(27(29,30)31)35-25(33-21)23(28)24(34-35)26(37)32-16-11-17(36(38)39)13-20(12-16)41-19-5-3-2-4-6-19/h2-13,21-22,33H,14H2,1H3,(H,32,37). The molecule has 41 heavy (non-hydrogen) atoms. The molecule has 3 aromatic carbocycles. The lowest BCUT2D eigenvalue weighted by atomic mass is 9.97. The van der Waals surface area contributed by atoms with E-state index in [4.69, 9.17) is 21.1 Å². The molecule has 0 bridgehead atoms. The summed E-state index contributed by atoms with van der Waals surface area (Å²) in [5.74, 6) is -0.162. The first-order chi connectivity index (χ1) is 19.5. The number of methoxy groups -OCH3 is 1. The number of nitro groups is 1. The number of alkyl halides is 3. The SMILES string of the molecule is COc1ccc(C2CC(C(F)(F)F)n3nc(C(=O)Nc4cc(Oc5ccccc5)cc([N+](=O)[O-])c4)c(Cl)c3N2)cc1. The number of ether oxygens (including phenoxy) is 2. The highest BCUT2D eigenvalue weighted by Crippen LogP contribution is 2.46. The lowest BCUT2D eigenvalue weighted by molar-refractivity contribution is -0.384. The number of benzene rings is 3. The van der Waals surface area contributed by atoms with Crippen LogP contribution in [0.15, 0.2) is 72.8 Å². The molecule has 2 unspecified atom stereocenters. The monoisotopic (exact) mass is 587 g/mol. The molecular formula is C27H21ClF3N5O5. The molecule has 10 nitrogen and oxygen atoms in total. The highest BCUT2D eigenvalue weighted by Gasteiger charge is 2.48. The maximum absolute atomic E-state index is 14.1. The van der Waals surface area contributed by atoms with Crippen LogP contribution in [0, 0.1) is 10.1 Å². The highest BCUT2D eigenvalue weighted by molar-refractivity contribution is 6.36. The van der Waals surface area contributed by atoms with E-state index in [1.165, 1.54) is 19.2 Å². The van der Waals surface area contributed by atoms with E-state index in [-0.39, 0.29) is 28.0 Å². The number of anilines is 2. The fourth-order valence-electron chi connectivity index (χ4n) is 4.42. The number of hydrogen-bond donors (Lipinski definition) is 2. The van der Waals surface area contributed by atoms with Crippen LogP contribution in [-0.4, -0.2) is 33.9 Å². The average Bonchev–Trinajstić information content (AvgIpc) is 3.28. The van der Waals surface area contributed by atoms with E-state index in [9.17, 15) is 28.1 Å². The van der Waals surface area contributed by atoms with Gasteiger partial charge in [0.25, 0.3) is 11.6 Å². The molecule has 2 atom stereocenters. The summed E-state index contributed by atoms with van der Waals surface area (Å²) in [7, 11) is 1.48. The van der Waals surface area contributed by atoms with Crippen LogP contribution in [0.25, 0.3) is 0 Å². The second-order valence-corrected chi connectivity index (χ2v) is 9.44. The van der Waals surface area contributed by atoms with Crippen molar-refractivity contribution in [2.45, 2.75) is 24.7 Å². The van der Waals surface area contributed by atoms with E-state index < -0.39 is 41.2 Å². The zero-order valence-corrected chi connectivity index (χ0v) is 21.9. The van der Waals surface area contributed by atoms with Crippen molar-refractivity contribution in [2.24, 2.45) is 0 Å². The fourth-order valence-corrected chi connectivity index (χ4v) is 4.69. The van der Waals surface area contributed by atoms with Gasteiger partial charge in [0.05, 0.1) is 29.8 Å². The second-order valence-electron chi connectivity index (χ2n) is 9.06. The van der Waals surface area contributed by atoms with Crippen molar-refractivity contribution in [3.05, 3.63) is 99.2 Å². The topological polar surface area (TPSA) is 121 Å². The Hall–Kier alpha value is -4.78. The summed E-state index contributed by atoms with van der Waals surface area (Å²) in [6.45, 7) is 0. The number of para-hydroxylation sites is 1. The average molecular weight is 588 g/mol. The van der Waals surface area contributed by atoms with Gasteiger partial charge in [-0.3, -0.25) is 14.9 Å². The maximum atomic E-state index is 14.1. The molecule has 0 radical (unpaired) electrons. The maximum Gasteiger partial charge on any atom is 0.410 e. The normalized spacial score (nSPS) is 16.3. The Morgan fingerprint density at radius 2 is 1.80 bits per heavy atom. The zero-order valence-electron chi connectivity index (χ0n) is 21.2. The Labute approximate surface area is 235 Å². The Morgan fingerprint density at radius 3 is 2.44 bits per heavy atom. The molecule has 0 aliphatic carbocycles. The summed E-state index contributed by atoms with van der Waals surface area (Å²) >= 11 is 6.41. The number of non-ortho nitro benzene ring substituents is 1. The van der Waals surface area contributed by atoms with E-state index in [1.807, 2.05) is 0 Å². The van der Waals surface area contributed by atoms with Crippen molar-refractivity contribution in [1.82, 2.24) is 9.78 Å². The third-order valence-electron chi connectivity index (χ3n) is 6.37. The van der Waals surface area contributed by atoms with Crippen LogP contribution >= 0.6 is 11.6 Å². The number of carbonyl (C=O) groups is 1. The summed E-state index contributed by atoms with van der Waals surface area (Å²) in [5.41, 5.74) is -0.369. The van der Waals surface area contributed by atoms with Gasteiger partial charge in [0.1, 0.15) is 28.1 Å². The summed E-state index contributed by atoms with van der Waals surface area (Å²) in [4.78, 5) is 24.0. The molecule has 212 valence electrons. The number of nitro benzene ring substituents is 1. The van der Waals surface area contributed by atoms with Crippen molar-refractivity contribution < 1.29 is 32.4 Å². The predicted molar refractivity (Wildman–Crippen MR) is 144 cm³/mol. The number of aromatic nitrogens is 2. The van der Waals surface area contributed by atoms with Crippen molar-refractivity contribution >= 4 is 34.7 Å². The Balaban J connectivity index is 1.45. The summed E-state index contributed by atoms with van der Waals surface area (Å²) in [6.07, 6.45) is -5.11. The molecule has 2 N–H and O–H groups in total. The van der Waals surface area contributed by atoms with Gasteiger partial charge in [-0.25, -0.2) is 4.68 Å². The molecule has 1 aromatic heterocycles. The summed E-state index contributed by atoms with van der Waals surface area (Å²) < 4.78 is 53.8. The first-order valence-corrected chi connectivity index (χ1v) is 12.5. The Kier molecular flexibility index (Phi) is 7.45. The van der Waals surface area contributed by atoms with Gasteiger partial charge in [0, 0.05) is 18.6 Å². The van der Waals surface area contributed by atoms with E-state index in [2.05, 4.69) is 15.7 Å². The molecule has 1 aliphatic rings. The minimum absolute atomic E-state index is 0.0476. The van der Waals surface area contributed by atoms with Crippen molar-refractivity contribution in [2.75, 3.05) is 17.7 Å². The third-order valence-corrected chi connectivity index (χ3v) is 6.73. The van der Waals surface area contributed by atoms with Crippen LogP contribution in [-0.2, 0) is 0 Å². The van der Waals surface area contributed by atoms with Crippen LogP contribution in [0.4, 0.5) is 30.4 Å².